The van der Waals surface area contributed by atoms with E-state index in [4.69, 9.17) is 0 Å². The fraction of sp³-hybridized carbons (Fsp3) is 0.133. The maximum absolute atomic E-state index is 12.4. The number of amides is 1. The fourth-order valence-corrected chi connectivity index (χ4v) is 2.10. The van der Waals surface area contributed by atoms with E-state index in [-0.39, 0.29) is 12.1 Å². The highest BCUT2D eigenvalue weighted by molar-refractivity contribution is 5.98. The van der Waals surface area contributed by atoms with Crippen LogP contribution < -0.4 is 0 Å². The number of benzene rings is 2. The van der Waals surface area contributed by atoms with Crippen molar-refractivity contribution in [2.45, 2.75) is 6.54 Å². The van der Waals surface area contributed by atoms with Crippen molar-refractivity contribution in [3.05, 3.63) is 79.9 Å². The van der Waals surface area contributed by atoms with Gasteiger partial charge in [-0.1, -0.05) is 30.3 Å². The zero-order valence-corrected chi connectivity index (χ0v) is 12.2. The Balaban J connectivity index is 2.31. The molecule has 0 N–H and O–H groups in total. The average Bonchev–Trinajstić information content (AvgIpc) is 2.54. The molecule has 0 aliphatic heterocycles. The molecule has 0 heterocycles. The second-order valence-corrected chi connectivity index (χ2v) is 4.86. The minimum Gasteiger partial charge on any atom is -0.337 e. The highest BCUT2D eigenvalue weighted by atomic mass is 16.6. The topological polar surface area (TPSA) is 107 Å². The van der Waals surface area contributed by atoms with E-state index in [1.807, 2.05) is 30.3 Å². The first kappa shape index (κ1) is 16.1. The Morgan fingerprint density at radius 3 is 2.26 bits per heavy atom. The van der Waals surface area contributed by atoms with Gasteiger partial charge in [0.1, 0.15) is 5.56 Å². The summed E-state index contributed by atoms with van der Waals surface area (Å²) >= 11 is 0. The number of carbonyl (C=O) groups excluding carboxylic acids is 1. The number of non-ortho nitro benzene ring substituents is 1. The Hall–Kier alpha value is -3.29. The quantitative estimate of drug-likeness (QED) is 0.623. The lowest BCUT2D eigenvalue weighted by molar-refractivity contribution is -0.394. The van der Waals surface area contributed by atoms with Crippen LogP contribution in [0.25, 0.3) is 0 Å². The maximum Gasteiger partial charge on any atom is 0.289 e. The van der Waals surface area contributed by atoms with Gasteiger partial charge in [-0.05, 0) is 11.6 Å². The van der Waals surface area contributed by atoms with Crippen molar-refractivity contribution in [2.24, 2.45) is 0 Å². The highest BCUT2D eigenvalue weighted by Gasteiger charge is 2.26. The van der Waals surface area contributed by atoms with Crippen LogP contribution in [-0.2, 0) is 6.54 Å². The molecule has 0 radical (unpaired) electrons. The molecule has 0 spiro atoms. The van der Waals surface area contributed by atoms with E-state index in [2.05, 4.69) is 0 Å². The van der Waals surface area contributed by atoms with E-state index in [1.54, 1.807) is 0 Å². The SMILES string of the molecule is CN(Cc1ccccc1)C(=O)c1ccc([N+](=O)[O-])cc1[N+](=O)[O-]. The average molecular weight is 315 g/mol. The molecule has 0 fully saturated rings. The smallest absolute Gasteiger partial charge is 0.289 e. The lowest BCUT2D eigenvalue weighted by Gasteiger charge is -2.17. The van der Waals surface area contributed by atoms with Crippen LogP contribution in [0.5, 0.6) is 0 Å². The third-order valence-corrected chi connectivity index (χ3v) is 3.23. The molecule has 0 atom stereocenters. The number of rotatable bonds is 5. The first-order valence-corrected chi connectivity index (χ1v) is 6.62. The van der Waals surface area contributed by atoms with Crippen LogP contribution >= 0.6 is 0 Å². The third kappa shape index (κ3) is 3.67. The van der Waals surface area contributed by atoms with E-state index in [0.717, 1.165) is 23.8 Å². The molecule has 8 nitrogen and oxygen atoms in total. The van der Waals surface area contributed by atoms with E-state index in [9.17, 15) is 25.0 Å². The van der Waals surface area contributed by atoms with Crippen molar-refractivity contribution in [1.82, 2.24) is 4.90 Å². The van der Waals surface area contributed by atoms with Crippen LogP contribution in [0.2, 0.25) is 0 Å². The molecule has 0 saturated carbocycles. The standard InChI is InChI=1S/C15H13N3O5/c1-16(10-11-5-3-2-4-6-11)15(19)13-8-7-12(17(20)21)9-14(13)18(22)23/h2-9H,10H2,1H3. The minimum absolute atomic E-state index is 0.181. The molecule has 8 heteroatoms. The molecule has 0 aliphatic rings. The number of carbonyl (C=O) groups is 1. The van der Waals surface area contributed by atoms with Crippen molar-refractivity contribution in [3.63, 3.8) is 0 Å². The van der Waals surface area contributed by atoms with Crippen molar-refractivity contribution >= 4 is 17.3 Å². The van der Waals surface area contributed by atoms with Gasteiger partial charge in [-0.3, -0.25) is 25.0 Å². The lowest BCUT2D eigenvalue weighted by atomic mass is 10.1. The van der Waals surface area contributed by atoms with Crippen molar-refractivity contribution in [2.75, 3.05) is 7.05 Å². The molecule has 118 valence electrons. The van der Waals surface area contributed by atoms with Gasteiger partial charge in [-0.2, -0.15) is 0 Å². The summed E-state index contributed by atoms with van der Waals surface area (Å²) in [7, 11) is 1.51. The van der Waals surface area contributed by atoms with Gasteiger partial charge < -0.3 is 4.90 Å². The fourth-order valence-electron chi connectivity index (χ4n) is 2.10. The number of hydrogen-bond acceptors (Lipinski definition) is 5. The predicted octanol–water partition coefficient (Wildman–Crippen LogP) is 2.78. The summed E-state index contributed by atoms with van der Waals surface area (Å²) in [5, 5.41) is 21.8. The Morgan fingerprint density at radius 2 is 1.70 bits per heavy atom. The molecule has 0 saturated heterocycles. The number of nitro groups is 2. The van der Waals surface area contributed by atoms with E-state index in [1.165, 1.54) is 11.9 Å². The summed E-state index contributed by atoms with van der Waals surface area (Å²) in [5.41, 5.74) is -0.324. The maximum atomic E-state index is 12.4. The van der Waals surface area contributed by atoms with Crippen molar-refractivity contribution < 1.29 is 14.6 Å². The molecule has 0 bridgehead atoms. The molecule has 23 heavy (non-hydrogen) atoms. The summed E-state index contributed by atoms with van der Waals surface area (Å²) in [6, 6.07) is 12.1. The van der Waals surface area contributed by atoms with Crippen LogP contribution in [-0.4, -0.2) is 27.7 Å². The molecule has 2 rings (SSSR count). The third-order valence-electron chi connectivity index (χ3n) is 3.23. The molecule has 0 aromatic heterocycles. The van der Waals surface area contributed by atoms with Crippen molar-refractivity contribution in [3.8, 4) is 0 Å². The van der Waals surface area contributed by atoms with Crippen LogP contribution in [0, 0.1) is 20.2 Å². The molecule has 2 aromatic rings. The molecular formula is C15H13N3O5. The summed E-state index contributed by atoms with van der Waals surface area (Å²) in [6.45, 7) is 0.272. The zero-order chi connectivity index (χ0) is 17.0. The summed E-state index contributed by atoms with van der Waals surface area (Å²) in [6.07, 6.45) is 0. The monoisotopic (exact) mass is 315 g/mol. The number of hydrogen-bond donors (Lipinski definition) is 0. The van der Waals surface area contributed by atoms with Gasteiger partial charge in [0.05, 0.1) is 15.9 Å². The zero-order valence-electron chi connectivity index (χ0n) is 12.2. The van der Waals surface area contributed by atoms with E-state index in [0.29, 0.717) is 0 Å². The second-order valence-electron chi connectivity index (χ2n) is 4.86. The Kier molecular flexibility index (Phi) is 4.65. The largest absolute Gasteiger partial charge is 0.337 e. The lowest BCUT2D eigenvalue weighted by Crippen LogP contribution is -2.26. The van der Waals surface area contributed by atoms with Gasteiger partial charge in [0.2, 0.25) is 0 Å². The molecule has 0 aliphatic carbocycles. The highest BCUT2D eigenvalue weighted by Crippen LogP contribution is 2.26. The normalized spacial score (nSPS) is 10.1. The molecular weight excluding hydrogens is 302 g/mol. The van der Waals surface area contributed by atoms with Crippen LogP contribution in [0.4, 0.5) is 11.4 Å². The summed E-state index contributed by atoms with van der Waals surface area (Å²) < 4.78 is 0. The Labute approximate surface area is 131 Å². The first-order valence-electron chi connectivity index (χ1n) is 6.62. The summed E-state index contributed by atoms with van der Waals surface area (Å²) in [4.78, 5) is 34.0. The van der Waals surface area contributed by atoms with Crippen molar-refractivity contribution in [1.29, 1.82) is 0 Å². The van der Waals surface area contributed by atoms with E-state index >= 15 is 0 Å². The molecule has 1 amide bonds. The van der Waals surface area contributed by atoms with Crippen LogP contribution in [0.1, 0.15) is 15.9 Å². The number of nitro benzene ring substituents is 2. The van der Waals surface area contributed by atoms with Gasteiger partial charge in [-0.15, -0.1) is 0 Å². The van der Waals surface area contributed by atoms with Gasteiger partial charge in [0, 0.05) is 19.7 Å². The summed E-state index contributed by atoms with van der Waals surface area (Å²) in [5.74, 6) is -0.574. The van der Waals surface area contributed by atoms with Gasteiger partial charge in [0.15, 0.2) is 0 Å². The minimum atomic E-state index is -0.795. The molecule has 0 unspecified atom stereocenters. The van der Waals surface area contributed by atoms with Gasteiger partial charge >= 0.3 is 0 Å². The Bertz CT molecular complexity index is 761. The Morgan fingerprint density at radius 1 is 1.04 bits per heavy atom. The van der Waals surface area contributed by atoms with Crippen LogP contribution in [0.3, 0.4) is 0 Å². The van der Waals surface area contributed by atoms with E-state index < -0.39 is 27.1 Å². The number of nitrogens with zero attached hydrogens (tertiary/aromatic N) is 3. The van der Waals surface area contributed by atoms with Gasteiger partial charge in [0.25, 0.3) is 17.3 Å². The van der Waals surface area contributed by atoms with Gasteiger partial charge in [-0.25, -0.2) is 0 Å². The predicted molar refractivity (Wildman–Crippen MR) is 82.0 cm³/mol. The first-order chi connectivity index (χ1) is 10.9. The second kappa shape index (κ2) is 6.65. The van der Waals surface area contributed by atoms with Crippen LogP contribution in [0.15, 0.2) is 48.5 Å². The molecule has 2 aromatic carbocycles.